The molecule has 0 saturated carbocycles. The molecule has 0 radical (unpaired) electrons. The van der Waals surface area contributed by atoms with Crippen LogP contribution in [0.1, 0.15) is 19.3 Å². The quantitative estimate of drug-likeness (QED) is 0.267. The fraction of sp³-hybridized carbons (Fsp3) is 0.179. The second-order valence-electron chi connectivity index (χ2n) is 8.26. The number of rotatable bonds is 12. The maximum absolute atomic E-state index is 12.3. The molecule has 0 aliphatic carbocycles. The lowest BCUT2D eigenvalue weighted by atomic mass is 10.0. The molecule has 0 spiro atoms. The van der Waals surface area contributed by atoms with Gasteiger partial charge in [0.05, 0.1) is 6.04 Å². The number of carbonyl (C=O) groups is 2. The number of carbonyl (C=O) groups excluding carboxylic acids is 2. The van der Waals surface area contributed by atoms with Crippen LogP contribution in [0.2, 0.25) is 0 Å². The first-order valence-corrected chi connectivity index (χ1v) is 11.8. The number of pyridine rings is 1. The minimum atomic E-state index is -0.680. The van der Waals surface area contributed by atoms with Gasteiger partial charge in [-0.1, -0.05) is 6.07 Å². The number of nitrogens with zero attached hydrogens (tertiary/aromatic N) is 2. The molecule has 1 atom stereocenters. The highest BCUT2D eigenvalue weighted by molar-refractivity contribution is 5.91. The van der Waals surface area contributed by atoms with Crippen LogP contribution in [0.25, 0.3) is 5.69 Å². The molecule has 0 bridgehead atoms. The summed E-state index contributed by atoms with van der Waals surface area (Å²) < 4.78 is 7.91. The monoisotopic (exact) mass is 483 g/mol. The zero-order chi connectivity index (χ0) is 25.2. The van der Waals surface area contributed by atoms with Crippen LogP contribution in [0.3, 0.4) is 0 Å². The van der Waals surface area contributed by atoms with Crippen molar-refractivity contribution in [2.75, 3.05) is 17.2 Å². The van der Waals surface area contributed by atoms with E-state index in [1.807, 2.05) is 71.6 Å². The van der Waals surface area contributed by atoms with E-state index < -0.39 is 6.04 Å². The van der Waals surface area contributed by atoms with Gasteiger partial charge in [0.2, 0.25) is 5.91 Å². The molecule has 0 unspecified atom stereocenters. The number of Topliss-reactive ketones (excluding diaryl/α,β-unsaturated/α-hetero) is 1. The third kappa shape index (κ3) is 7.28. The molecule has 8 nitrogen and oxygen atoms in total. The summed E-state index contributed by atoms with van der Waals surface area (Å²) in [7, 11) is 0. The lowest BCUT2D eigenvalue weighted by Crippen LogP contribution is -2.32. The fourth-order valence-corrected chi connectivity index (χ4v) is 3.57. The number of amides is 1. The van der Waals surface area contributed by atoms with Crippen molar-refractivity contribution in [3.8, 4) is 17.2 Å². The average molecular weight is 484 g/mol. The van der Waals surface area contributed by atoms with Crippen molar-refractivity contribution in [3.05, 3.63) is 97.5 Å². The largest absolute Gasteiger partial charge is 0.457 e. The molecule has 184 valence electrons. The zero-order valence-electron chi connectivity index (χ0n) is 19.8. The van der Waals surface area contributed by atoms with Gasteiger partial charge in [-0.3, -0.25) is 9.59 Å². The number of ketones is 1. The summed E-state index contributed by atoms with van der Waals surface area (Å²) in [4.78, 5) is 28.7. The van der Waals surface area contributed by atoms with E-state index in [0.717, 1.165) is 11.4 Å². The molecule has 2 aromatic carbocycles. The van der Waals surface area contributed by atoms with Crippen LogP contribution in [-0.4, -0.2) is 33.8 Å². The second-order valence-corrected chi connectivity index (χ2v) is 8.26. The Labute approximate surface area is 210 Å². The number of benzene rings is 2. The van der Waals surface area contributed by atoms with Gasteiger partial charge in [-0.05, 0) is 79.2 Å². The van der Waals surface area contributed by atoms with E-state index in [0.29, 0.717) is 23.8 Å². The Morgan fingerprint density at radius 2 is 1.58 bits per heavy atom. The highest BCUT2D eigenvalue weighted by Gasteiger charge is 2.15. The van der Waals surface area contributed by atoms with E-state index in [-0.39, 0.29) is 31.0 Å². The minimum absolute atomic E-state index is 0.0888. The molecule has 0 fully saturated rings. The molecule has 4 aromatic rings. The zero-order valence-corrected chi connectivity index (χ0v) is 19.8. The molecule has 2 heterocycles. The van der Waals surface area contributed by atoms with E-state index in [1.54, 1.807) is 30.5 Å². The molecule has 8 heteroatoms. The van der Waals surface area contributed by atoms with Crippen LogP contribution in [0.4, 0.5) is 11.5 Å². The Morgan fingerprint density at radius 3 is 2.25 bits per heavy atom. The highest BCUT2D eigenvalue weighted by atomic mass is 16.5. The van der Waals surface area contributed by atoms with Crippen LogP contribution in [0, 0.1) is 0 Å². The summed E-state index contributed by atoms with van der Waals surface area (Å²) in [5.41, 5.74) is 7.67. The van der Waals surface area contributed by atoms with Gasteiger partial charge in [0, 0.05) is 49.4 Å². The van der Waals surface area contributed by atoms with Gasteiger partial charge in [0.15, 0.2) is 5.78 Å². The first kappa shape index (κ1) is 24.7. The lowest BCUT2D eigenvalue weighted by Gasteiger charge is -2.12. The summed E-state index contributed by atoms with van der Waals surface area (Å²) >= 11 is 0. The van der Waals surface area contributed by atoms with Crippen molar-refractivity contribution in [1.82, 2.24) is 9.55 Å². The molecule has 36 heavy (non-hydrogen) atoms. The van der Waals surface area contributed by atoms with Gasteiger partial charge < -0.3 is 25.7 Å². The first-order valence-electron chi connectivity index (χ1n) is 11.8. The second kappa shape index (κ2) is 12.3. The van der Waals surface area contributed by atoms with Gasteiger partial charge in [0.25, 0.3) is 0 Å². The van der Waals surface area contributed by atoms with Crippen molar-refractivity contribution in [3.63, 3.8) is 0 Å². The Kier molecular flexibility index (Phi) is 8.45. The molecule has 4 rings (SSSR count). The molecule has 0 saturated heterocycles. The van der Waals surface area contributed by atoms with Gasteiger partial charge in [0.1, 0.15) is 17.3 Å². The Bertz CT molecular complexity index is 1240. The molecule has 0 aliphatic rings. The molecule has 1 amide bonds. The van der Waals surface area contributed by atoms with Gasteiger partial charge in [-0.2, -0.15) is 0 Å². The van der Waals surface area contributed by atoms with E-state index in [9.17, 15) is 9.59 Å². The molecule has 4 N–H and O–H groups in total. The van der Waals surface area contributed by atoms with E-state index in [4.69, 9.17) is 10.5 Å². The predicted molar refractivity (Wildman–Crippen MR) is 140 cm³/mol. The number of nitrogens with two attached hydrogens (primary N) is 1. The number of hydrogen-bond donors (Lipinski definition) is 3. The van der Waals surface area contributed by atoms with E-state index >= 15 is 0 Å². The fourth-order valence-electron chi connectivity index (χ4n) is 3.57. The Morgan fingerprint density at radius 1 is 0.889 bits per heavy atom. The molecule has 0 aliphatic heterocycles. The lowest BCUT2D eigenvalue weighted by molar-refractivity contribution is -0.120. The standard InChI is InChI=1S/C28H29N5O3/c29-25(26(34)16-18-31-27-5-1-2-17-30-27)14-15-28(35)32-21-6-10-23(11-7-21)36-24-12-8-22(9-13-24)33-19-3-4-20-33/h1-13,17,19-20,25H,14-16,18,29H2,(H,30,31)(H,32,35)/t25-/m1/s1. The van der Waals surface area contributed by atoms with Crippen molar-refractivity contribution < 1.29 is 14.3 Å². The van der Waals surface area contributed by atoms with Gasteiger partial charge >= 0.3 is 0 Å². The summed E-state index contributed by atoms with van der Waals surface area (Å²) in [6.07, 6.45) is 6.37. The van der Waals surface area contributed by atoms with Crippen molar-refractivity contribution >= 4 is 23.2 Å². The average Bonchev–Trinajstić information content (AvgIpc) is 3.44. The third-order valence-corrected chi connectivity index (χ3v) is 5.55. The maximum atomic E-state index is 12.3. The van der Waals surface area contributed by atoms with Crippen LogP contribution in [-0.2, 0) is 9.59 Å². The topological polar surface area (TPSA) is 111 Å². The maximum Gasteiger partial charge on any atom is 0.224 e. The number of anilines is 2. The summed E-state index contributed by atoms with van der Waals surface area (Å²) in [6, 6.07) is 23.7. The van der Waals surface area contributed by atoms with E-state index in [1.165, 1.54) is 0 Å². The van der Waals surface area contributed by atoms with Crippen molar-refractivity contribution in [2.45, 2.75) is 25.3 Å². The Balaban J connectivity index is 1.17. The normalized spacial score (nSPS) is 11.5. The van der Waals surface area contributed by atoms with Gasteiger partial charge in [-0.15, -0.1) is 0 Å². The molecule has 2 aromatic heterocycles. The number of hydrogen-bond acceptors (Lipinski definition) is 6. The van der Waals surface area contributed by atoms with Crippen molar-refractivity contribution in [2.24, 2.45) is 5.73 Å². The third-order valence-electron chi connectivity index (χ3n) is 5.55. The number of ether oxygens (including phenoxy) is 1. The van der Waals surface area contributed by atoms with Crippen molar-refractivity contribution in [1.29, 1.82) is 0 Å². The van der Waals surface area contributed by atoms with Crippen LogP contribution < -0.4 is 21.1 Å². The predicted octanol–water partition coefficient (Wildman–Crippen LogP) is 4.78. The van der Waals surface area contributed by atoms with Crippen LogP contribution in [0.15, 0.2) is 97.5 Å². The first-order chi connectivity index (χ1) is 17.6. The highest BCUT2D eigenvalue weighted by Crippen LogP contribution is 2.24. The molecular formula is C28H29N5O3. The number of nitrogens with one attached hydrogen (secondary N) is 2. The molecular weight excluding hydrogens is 454 g/mol. The smallest absolute Gasteiger partial charge is 0.224 e. The summed E-state index contributed by atoms with van der Waals surface area (Å²) in [6.45, 7) is 0.446. The van der Waals surface area contributed by atoms with E-state index in [2.05, 4.69) is 15.6 Å². The Hall–Kier alpha value is -4.43. The minimum Gasteiger partial charge on any atom is -0.457 e. The SMILES string of the molecule is N[C@H](CCC(=O)Nc1ccc(Oc2ccc(-n3cccc3)cc2)cc1)C(=O)CCNc1ccccn1. The summed E-state index contributed by atoms with van der Waals surface area (Å²) in [5.74, 6) is 1.80. The number of aromatic nitrogens is 2. The summed E-state index contributed by atoms with van der Waals surface area (Å²) in [5, 5.41) is 5.91. The van der Waals surface area contributed by atoms with Crippen LogP contribution in [0.5, 0.6) is 11.5 Å². The van der Waals surface area contributed by atoms with Crippen LogP contribution >= 0.6 is 0 Å². The van der Waals surface area contributed by atoms with Gasteiger partial charge in [-0.25, -0.2) is 4.98 Å².